The number of hydrogen-bond donors (Lipinski definition) is 1. The fraction of sp³-hybridized carbons (Fsp3) is 1.00. The maximum atomic E-state index is 3.86. The molecule has 1 aliphatic heterocycles. The molecule has 0 amide bonds. The maximum absolute atomic E-state index is 3.86. The van der Waals surface area contributed by atoms with E-state index in [-0.39, 0.29) is 0 Å². The third-order valence-corrected chi connectivity index (χ3v) is 10.1. The van der Waals surface area contributed by atoms with Crippen LogP contribution in [0.4, 0.5) is 0 Å². The Morgan fingerprint density at radius 1 is 0.846 bits per heavy atom. The van der Waals surface area contributed by atoms with Crippen LogP contribution in [0.1, 0.15) is 98.8 Å². The Morgan fingerprint density at radius 3 is 2.38 bits per heavy atom. The Balaban J connectivity index is 1.46. The molecule has 1 N–H and O–H groups in total. The van der Waals surface area contributed by atoms with E-state index in [0.717, 1.165) is 41.5 Å². The average Bonchev–Trinajstić information content (AvgIpc) is 3.13. The zero-order valence-electron chi connectivity index (χ0n) is 18.3. The van der Waals surface area contributed by atoms with Crippen molar-refractivity contribution in [2.75, 3.05) is 6.54 Å². The first-order chi connectivity index (χ1) is 12.4. The van der Waals surface area contributed by atoms with Gasteiger partial charge in [-0.25, -0.2) is 0 Å². The number of nitrogens with one attached hydrogen (secondary N) is 1. The van der Waals surface area contributed by atoms with E-state index in [2.05, 4.69) is 39.9 Å². The first-order valence-electron chi connectivity index (χ1n) is 12.1. The fourth-order valence-corrected chi connectivity index (χ4v) is 8.69. The maximum Gasteiger partial charge on any atom is 0.0124 e. The van der Waals surface area contributed by atoms with Gasteiger partial charge < -0.3 is 5.32 Å². The van der Waals surface area contributed by atoms with Gasteiger partial charge in [0.1, 0.15) is 0 Å². The minimum absolute atomic E-state index is 0.616. The van der Waals surface area contributed by atoms with Crippen LogP contribution in [0.5, 0.6) is 0 Å². The van der Waals surface area contributed by atoms with Crippen LogP contribution in [-0.4, -0.2) is 12.6 Å². The molecule has 0 aromatic heterocycles. The van der Waals surface area contributed by atoms with Crippen LogP contribution < -0.4 is 5.32 Å². The van der Waals surface area contributed by atoms with Gasteiger partial charge in [0.2, 0.25) is 0 Å². The van der Waals surface area contributed by atoms with E-state index in [1.807, 2.05) is 0 Å². The molecule has 0 spiro atoms. The Bertz CT molecular complexity index is 498. The SMILES string of the molecule is CC(C)CCC[C@H](C)[C@@H]1CC[C@@H]2[C@@H]3CC[C@@H]4NCC[C@]4(C)[C@H]3CC[C@]21C. The molecule has 0 aromatic carbocycles. The van der Waals surface area contributed by atoms with Crippen molar-refractivity contribution in [1.29, 1.82) is 0 Å². The van der Waals surface area contributed by atoms with Crippen molar-refractivity contribution < 1.29 is 0 Å². The van der Waals surface area contributed by atoms with Crippen LogP contribution >= 0.6 is 0 Å². The molecule has 4 rings (SSSR count). The first kappa shape index (κ1) is 19.3. The summed E-state index contributed by atoms with van der Waals surface area (Å²) in [6.07, 6.45) is 14.9. The monoisotopic (exact) mass is 359 g/mol. The summed E-state index contributed by atoms with van der Waals surface area (Å²) in [6.45, 7) is 14.0. The molecule has 8 atom stereocenters. The zero-order chi connectivity index (χ0) is 18.5. The highest BCUT2D eigenvalue weighted by molar-refractivity contribution is 5.11. The standard InChI is InChI=1S/C25H45N/c1-17(2)7-6-8-18(3)20-10-11-21-19-9-12-23-25(5,15-16-26-23)22(19)13-14-24(20,21)4/h17-23,26H,6-16H2,1-5H3/t18-,19-,20-,21+,22-,23-,24-,25+/m0/s1. The summed E-state index contributed by atoms with van der Waals surface area (Å²) in [5.41, 5.74) is 1.28. The van der Waals surface area contributed by atoms with Gasteiger partial charge >= 0.3 is 0 Å². The molecular weight excluding hydrogens is 314 g/mol. The van der Waals surface area contributed by atoms with E-state index >= 15 is 0 Å². The summed E-state index contributed by atoms with van der Waals surface area (Å²) in [4.78, 5) is 0. The minimum Gasteiger partial charge on any atom is -0.313 e. The predicted octanol–water partition coefficient (Wildman–Crippen LogP) is 6.67. The van der Waals surface area contributed by atoms with E-state index in [0.29, 0.717) is 10.8 Å². The lowest BCUT2D eigenvalue weighted by Crippen LogP contribution is -2.54. The summed E-state index contributed by atoms with van der Waals surface area (Å²) in [5.74, 6) is 5.93. The minimum atomic E-state index is 0.616. The van der Waals surface area contributed by atoms with E-state index in [4.69, 9.17) is 0 Å². The second-order valence-corrected chi connectivity index (χ2v) is 11.7. The molecule has 4 aliphatic rings. The van der Waals surface area contributed by atoms with Crippen molar-refractivity contribution in [3.05, 3.63) is 0 Å². The summed E-state index contributed by atoms with van der Waals surface area (Å²) in [5, 5.41) is 3.86. The van der Waals surface area contributed by atoms with Crippen molar-refractivity contribution in [1.82, 2.24) is 5.32 Å². The van der Waals surface area contributed by atoms with Gasteiger partial charge in [-0.3, -0.25) is 0 Å². The summed E-state index contributed by atoms with van der Waals surface area (Å²) < 4.78 is 0. The van der Waals surface area contributed by atoms with Gasteiger partial charge in [-0.1, -0.05) is 53.9 Å². The molecule has 0 aromatic rings. The van der Waals surface area contributed by atoms with Crippen molar-refractivity contribution in [3.8, 4) is 0 Å². The third kappa shape index (κ3) is 2.99. The Labute approximate surface area is 163 Å². The fourth-order valence-electron chi connectivity index (χ4n) is 8.69. The zero-order valence-corrected chi connectivity index (χ0v) is 18.3. The second-order valence-electron chi connectivity index (χ2n) is 11.7. The van der Waals surface area contributed by atoms with Gasteiger partial charge in [0, 0.05) is 6.04 Å². The van der Waals surface area contributed by atoms with Crippen molar-refractivity contribution in [3.63, 3.8) is 0 Å². The summed E-state index contributed by atoms with van der Waals surface area (Å²) in [7, 11) is 0. The van der Waals surface area contributed by atoms with E-state index in [9.17, 15) is 0 Å². The predicted molar refractivity (Wildman–Crippen MR) is 112 cm³/mol. The van der Waals surface area contributed by atoms with Crippen LogP contribution in [0.25, 0.3) is 0 Å². The lowest BCUT2D eigenvalue weighted by atomic mass is 9.48. The van der Waals surface area contributed by atoms with Gasteiger partial charge in [-0.2, -0.15) is 0 Å². The topological polar surface area (TPSA) is 12.0 Å². The number of hydrogen-bond acceptors (Lipinski definition) is 1. The Hall–Kier alpha value is -0.0400. The Kier molecular flexibility index (Phi) is 5.26. The van der Waals surface area contributed by atoms with Crippen molar-refractivity contribution in [2.24, 2.45) is 46.3 Å². The highest BCUT2D eigenvalue weighted by Crippen LogP contribution is 2.66. The normalized spacial score (nSPS) is 48.9. The van der Waals surface area contributed by atoms with Gasteiger partial charge in [-0.05, 0) is 97.8 Å². The molecule has 0 unspecified atom stereocenters. The molecule has 3 saturated carbocycles. The summed E-state index contributed by atoms with van der Waals surface area (Å²) in [6, 6.07) is 0.834. The smallest absolute Gasteiger partial charge is 0.0124 e. The summed E-state index contributed by atoms with van der Waals surface area (Å²) >= 11 is 0. The lowest BCUT2D eigenvalue weighted by molar-refractivity contribution is -0.0774. The molecule has 26 heavy (non-hydrogen) atoms. The van der Waals surface area contributed by atoms with Gasteiger partial charge in [0.15, 0.2) is 0 Å². The lowest BCUT2D eigenvalue weighted by Gasteiger charge is -2.58. The molecule has 0 radical (unpaired) electrons. The van der Waals surface area contributed by atoms with E-state index in [1.54, 1.807) is 6.42 Å². The quantitative estimate of drug-likeness (QED) is 0.578. The first-order valence-corrected chi connectivity index (χ1v) is 12.1. The molecule has 1 nitrogen and oxygen atoms in total. The number of fused-ring (bicyclic) bond motifs is 5. The van der Waals surface area contributed by atoms with Gasteiger partial charge in [0.05, 0.1) is 0 Å². The van der Waals surface area contributed by atoms with Crippen molar-refractivity contribution in [2.45, 2.75) is 105 Å². The molecule has 3 aliphatic carbocycles. The molecule has 150 valence electrons. The second kappa shape index (κ2) is 7.09. The van der Waals surface area contributed by atoms with Crippen LogP contribution in [-0.2, 0) is 0 Å². The number of rotatable bonds is 5. The Morgan fingerprint density at radius 2 is 1.62 bits per heavy atom. The van der Waals surface area contributed by atoms with Gasteiger partial charge in [-0.15, -0.1) is 0 Å². The molecule has 1 heterocycles. The molecular formula is C25H45N. The van der Waals surface area contributed by atoms with E-state index < -0.39 is 0 Å². The molecule has 0 bridgehead atoms. The highest BCUT2D eigenvalue weighted by Gasteiger charge is 2.60. The van der Waals surface area contributed by atoms with Crippen molar-refractivity contribution >= 4 is 0 Å². The molecule has 1 heteroatoms. The van der Waals surface area contributed by atoms with Gasteiger partial charge in [0.25, 0.3) is 0 Å². The van der Waals surface area contributed by atoms with Crippen LogP contribution in [0.15, 0.2) is 0 Å². The van der Waals surface area contributed by atoms with E-state index in [1.165, 1.54) is 64.3 Å². The van der Waals surface area contributed by atoms with Crippen LogP contribution in [0.3, 0.4) is 0 Å². The largest absolute Gasteiger partial charge is 0.313 e. The van der Waals surface area contributed by atoms with Crippen LogP contribution in [0, 0.1) is 46.3 Å². The molecule has 4 fully saturated rings. The highest BCUT2D eigenvalue weighted by atomic mass is 15.0. The average molecular weight is 360 g/mol. The van der Waals surface area contributed by atoms with Crippen LogP contribution in [0.2, 0.25) is 0 Å². The molecule has 1 saturated heterocycles. The third-order valence-electron chi connectivity index (χ3n) is 10.1.